The molecule has 2 atom stereocenters. The molecule has 0 heterocycles. The van der Waals surface area contributed by atoms with Crippen molar-refractivity contribution in [3.8, 4) is 12.1 Å². The summed E-state index contributed by atoms with van der Waals surface area (Å²) >= 11 is 0. The molecule has 0 unspecified atom stereocenters. The van der Waals surface area contributed by atoms with Crippen LogP contribution in [0.15, 0.2) is 0 Å². The van der Waals surface area contributed by atoms with E-state index >= 15 is 0 Å². The molecule has 0 aliphatic rings. The molecule has 0 rings (SSSR count). The Hall–Kier alpha value is -2.08. The number of nitriles is 2. The lowest BCUT2D eigenvalue weighted by Gasteiger charge is -2.21. The second-order valence-electron chi connectivity index (χ2n) is 3.47. The van der Waals surface area contributed by atoms with Crippen molar-refractivity contribution < 1.29 is 9.59 Å². The van der Waals surface area contributed by atoms with E-state index in [-0.39, 0.29) is 0 Å². The van der Waals surface area contributed by atoms with Gasteiger partial charge in [0.05, 0.1) is 12.1 Å². The standard InChI is InChI=1S/C10H14N4O2/c1-2-3-6(7(4-11)9(13)15)8(5-12)10(14)16/h6-8H,2-3H2,1H3,(H2,13,15)(H2,14,16)/t7-,8-/m1/s1. The van der Waals surface area contributed by atoms with Crippen LogP contribution in [0.2, 0.25) is 0 Å². The summed E-state index contributed by atoms with van der Waals surface area (Å²) in [6.45, 7) is 1.82. The smallest absolute Gasteiger partial charge is 0.235 e. The van der Waals surface area contributed by atoms with E-state index in [1.54, 1.807) is 12.1 Å². The number of rotatable bonds is 6. The van der Waals surface area contributed by atoms with Gasteiger partial charge in [-0.1, -0.05) is 13.3 Å². The Morgan fingerprint density at radius 3 is 1.69 bits per heavy atom. The largest absolute Gasteiger partial charge is 0.369 e. The monoisotopic (exact) mass is 222 g/mol. The summed E-state index contributed by atoms with van der Waals surface area (Å²) in [7, 11) is 0. The molecule has 0 spiro atoms. The molecule has 16 heavy (non-hydrogen) atoms. The number of carbonyl (C=O) groups excluding carboxylic acids is 2. The summed E-state index contributed by atoms with van der Waals surface area (Å²) in [6.07, 6.45) is 1.00. The molecule has 0 aromatic carbocycles. The molecule has 0 saturated heterocycles. The van der Waals surface area contributed by atoms with Crippen molar-refractivity contribution in [3.05, 3.63) is 0 Å². The van der Waals surface area contributed by atoms with Gasteiger partial charge in [-0.05, 0) is 6.42 Å². The van der Waals surface area contributed by atoms with Crippen LogP contribution >= 0.6 is 0 Å². The first-order valence-electron chi connectivity index (χ1n) is 4.87. The van der Waals surface area contributed by atoms with Crippen LogP contribution in [0.25, 0.3) is 0 Å². The van der Waals surface area contributed by atoms with Crippen LogP contribution in [0, 0.1) is 40.4 Å². The molecule has 0 saturated carbocycles. The van der Waals surface area contributed by atoms with E-state index in [1.165, 1.54) is 0 Å². The summed E-state index contributed by atoms with van der Waals surface area (Å²) in [5.74, 6) is -4.70. The fraction of sp³-hybridized carbons (Fsp3) is 0.600. The first-order valence-corrected chi connectivity index (χ1v) is 4.87. The van der Waals surface area contributed by atoms with Crippen molar-refractivity contribution in [2.24, 2.45) is 29.2 Å². The molecule has 0 aromatic heterocycles. The first kappa shape index (κ1) is 13.9. The van der Waals surface area contributed by atoms with Gasteiger partial charge in [-0.15, -0.1) is 0 Å². The van der Waals surface area contributed by atoms with Gasteiger partial charge in [0.2, 0.25) is 11.8 Å². The lowest BCUT2D eigenvalue weighted by atomic mass is 9.79. The van der Waals surface area contributed by atoms with E-state index in [4.69, 9.17) is 22.0 Å². The predicted octanol–water partition coefficient (Wildman–Crippen LogP) is -0.347. The van der Waals surface area contributed by atoms with Crippen molar-refractivity contribution in [2.45, 2.75) is 19.8 Å². The van der Waals surface area contributed by atoms with Crippen LogP contribution in [0.3, 0.4) is 0 Å². The summed E-state index contributed by atoms with van der Waals surface area (Å²) in [5, 5.41) is 17.6. The summed E-state index contributed by atoms with van der Waals surface area (Å²) < 4.78 is 0. The number of hydrogen-bond donors (Lipinski definition) is 2. The second-order valence-corrected chi connectivity index (χ2v) is 3.47. The Morgan fingerprint density at radius 2 is 1.50 bits per heavy atom. The molecule has 4 N–H and O–H groups in total. The van der Waals surface area contributed by atoms with Crippen LogP contribution < -0.4 is 11.5 Å². The molecule has 0 aliphatic carbocycles. The molecular formula is C10H14N4O2. The average molecular weight is 222 g/mol. The molecule has 0 aromatic rings. The van der Waals surface area contributed by atoms with E-state index in [9.17, 15) is 9.59 Å². The fourth-order valence-corrected chi connectivity index (χ4v) is 1.60. The van der Waals surface area contributed by atoms with E-state index in [1.807, 2.05) is 6.92 Å². The molecule has 6 nitrogen and oxygen atoms in total. The predicted molar refractivity (Wildman–Crippen MR) is 55.0 cm³/mol. The van der Waals surface area contributed by atoms with Gasteiger partial charge in [0.15, 0.2) is 0 Å². The van der Waals surface area contributed by atoms with Crippen molar-refractivity contribution in [2.75, 3.05) is 0 Å². The number of primary amides is 2. The van der Waals surface area contributed by atoms with Crippen LogP contribution in [-0.2, 0) is 9.59 Å². The maximum absolute atomic E-state index is 11.0. The van der Waals surface area contributed by atoms with E-state index in [2.05, 4.69) is 0 Å². The fourth-order valence-electron chi connectivity index (χ4n) is 1.60. The Labute approximate surface area is 93.8 Å². The third-order valence-electron chi connectivity index (χ3n) is 2.37. The number of nitrogens with two attached hydrogens (primary N) is 2. The third-order valence-corrected chi connectivity index (χ3v) is 2.37. The van der Waals surface area contributed by atoms with Gasteiger partial charge in [0.1, 0.15) is 11.8 Å². The first-order chi connectivity index (χ1) is 7.49. The molecule has 0 bridgehead atoms. The van der Waals surface area contributed by atoms with Crippen molar-refractivity contribution >= 4 is 11.8 Å². The summed E-state index contributed by atoms with van der Waals surface area (Å²) in [4.78, 5) is 22.1. The number of amides is 2. The van der Waals surface area contributed by atoms with Gasteiger partial charge >= 0.3 is 0 Å². The molecule has 2 amide bonds. The number of hydrogen-bond acceptors (Lipinski definition) is 4. The zero-order valence-corrected chi connectivity index (χ0v) is 9.01. The van der Waals surface area contributed by atoms with E-state index in [0.717, 1.165) is 0 Å². The third kappa shape index (κ3) is 3.25. The maximum atomic E-state index is 11.0. The Morgan fingerprint density at radius 1 is 1.12 bits per heavy atom. The topological polar surface area (TPSA) is 134 Å². The SMILES string of the molecule is CCCC([C@@H](C#N)C(N)=O)[C@@H](C#N)C(N)=O. The summed E-state index contributed by atoms with van der Waals surface area (Å²) in [6, 6.07) is 3.45. The van der Waals surface area contributed by atoms with Crippen LogP contribution in [-0.4, -0.2) is 11.8 Å². The normalized spacial score (nSPS) is 13.5. The Kier molecular flexibility index (Phi) is 5.58. The second kappa shape index (κ2) is 6.41. The van der Waals surface area contributed by atoms with Gasteiger partial charge in [0, 0.05) is 5.92 Å². The Bertz CT molecular complexity index is 321. The highest BCUT2D eigenvalue weighted by Gasteiger charge is 2.35. The average Bonchev–Trinajstić information content (AvgIpc) is 2.18. The highest BCUT2D eigenvalue weighted by Crippen LogP contribution is 2.25. The quantitative estimate of drug-likeness (QED) is 0.635. The molecule has 0 fully saturated rings. The van der Waals surface area contributed by atoms with Crippen LogP contribution in [0.4, 0.5) is 0 Å². The van der Waals surface area contributed by atoms with Gasteiger partial charge in [-0.25, -0.2) is 0 Å². The zero-order valence-electron chi connectivity index (χ0n) is 9.01. The minimum atomic E-state index is -1.16. The molecule has 6 heteroatoms. The number of carbonyl (C=O) groups is 2. The molecule has 86 valence electrons. The van der Waals surface area contributed by atoms with Crippen LogP contribution in [0.1, 0.15) is 19.8 Å². The molecule has 0 radical (unpaired) electrons. The van der Waals surface area contributed by atoms with Crippen molar-refractivity contribution in [1.82, 2.24) is 0 Å². The van der Waals surface area contributed by atoms with Gasteiger partial charge in [-0.2, -0.15) is 10.5 Å². The number of nitrogens with zero attached hydrogens (tertiary/aromatic N) is 2. The maximum Gasteiger partial charge on any atom is 0.235 e. The minimum absolute atomic E-state index is 0.377. The van der Waals surface area contributed by atoms with Gasteiger partial charge in [-0.3, -0.25) is 9.59 Å². The Balaban J connectivity index is 5.13. The van der Waals surface area contributed by atoms with Crippen molar-refractivity contribution in [3.63, 3.8) is 0 Å². The van der Waals surface area contributed by atoms with Gasteiger partial charge < -0.3 is 11.5 Å². The summed E-state index contributed by atoms with van der Waals surface area (Å²) in [5.41, 5.74) is 10.1. The lowest BCUT2D eigenvalue weighted by Crippen LogP contribution is -2.38. The van der Waals surface area contributed by atoms with E-state index in [0.29, 0.717) is 12.8 Å². The molecular weight excluding hydrogens is 208 g/mol. The van der Waals surface area contributed by atoms with Gasteiger partial charge in [0.25, 0.3) is 0 Å². The van der Waals surface area contributed by atoms with Crippen molar-refractivity contribution in [1.29, 1.82) is 10.5 Å². The highest BCUT2D eigenvalue weighted by atomic mass is 16.1. The zero-order chi connectivity index (χ0) is 12.7. The highest BCUT2D eigenvalue weighted by molar-refractivity contribution is 5.83. The lowest BCUT2D eigenvalue weighted by molar-refractivity contribution is -0.125. The van der Waals surface area contributed by atoms with E-state index < -0.39 is 29.6 Å². The van der Waals surface area contributed by atoms with Crippen LogP contribution in [0.5, 0.6) is 0 Å². The minimum Gasteiger partial charge on any atom is -0.369 e. The molecule has 0 aliphatic heterocycles.